The highest BCUT2D eigenvalue weighted by Crippen LogP contribution is 2.37. The average molecular weight is 690 g/mol. The summed E-state index contributed by atoms with van der Waals surface area (Å²) in [5, 5.41) is 11.9. The van der Waals surface area contributed by atoms with Gasteiger partial charge in [-0.2, -0.15) is 0 Å². The summed E-state index contributed by atoms with van der Waals surface area (Å²) in [4.78, 5) is 0. The summed E-state index contributed by atoms with van der Waals surface area (Å²) in [5.41, 5.74) is 12.5. The second kappa shape index (κ2) is 16.7. The van der Waals surface area contributed by atoms with Gasteiger partial charge in [-0.25, -0.2) is 0 Å². The van der Waals surface area contributed by atoms with E-state index >= 15 is 0 Å². The normalized spacial score (nSPS) is 11.5. The molecular formula is C50H47N3. The van der Waals surface area contributed by atoms with E-state index in [-0.39, 0.29) is 5.92 Å². The van der Waals surface area contributed by atoms with E-state index in [0.717, 1.165) is 50.3 Å². The van der Waals surface area contributed by atoms with Crippen molar-refractivity contribution in [3.05, 3.63) is 193 Å². The molecule has 0 aliphatic carbocycles. The Morgan fingerprint density at radius 3 is 1.66 bits per heavy atom. The molecule has 0 saturated carbocycles. The lowest BCUT2D eigenvalue weighted by Crippen LogP contribution is -2.03. The Kier molecular flexibility index (Phi) is 11.5. The molecule has 0 aliphatic heterocycles. The second-order valence-electron chi connectivity index (χ2n) is 12.5. The van der Waals surface area contributed by atoms with Gasteiger partial charge in [0.25, 0.3) is 0 Å². The maximum Gasteiger partial charge on any atom is 0.0542 e. The first kappa shape index (κ1) is 36.3. The van der Waals surface area contributed by atoms with Gasteiger partial charge < -0.3 is 14.5 Å². The Morgan fingerprint density at radius 1 is 0.547 bits per heavy atom. The molecule has 3 nitrogen and oxygen atoms in total. The minimum absolute atomic E-state index is 0.118. The van der Waals surface area contributed by atoms with E-state index in [1.807, 2.05) is 32.9 Å². The number of hydrogen-bond acceptors (Lipinski definition) is 1. The number of fused-ring (bicyclic) bond motifs is 4. The Hall–Kier alpha value is -6.45. The number of rotatable bonds is 8. The van der Waals surface area contributed by atoms with E-state index in [4.69, 9.17) is 5.41 Å². The highest BCUT2D eigenvalue weighted by molar-refractivity contribution is 6.10. The molecule has 0 aliphatic rings. The molecule has 262 valence electrons. The minimum Gasteiger partial charge on any atom is -0.312 e. The summed E-state index contributed by atoms with van der Waals surface area (Å²) in [6, 6.07) is 51.7. The molecule has 0 amide bonds. The monoisotopic (exact) mass is 689 g/mol. The van der Waals surface area contributed by atoms with Gasteiger partial charge in [0.15, 0.2) is 0 Å². The smallest absolute Gasteiger partial charge is 0.0542 e. The molecular weight excluding hydrogens is 643 g/mol. The topological polar surface area (TPSA) is 33.7 Å². The van der Waals surface area contributed by atoms with Crippen molar-refractivity contribution in [1.29, 1.82) is 5.41 Å². The standard InChI is InChI=1S/C45H35N3.C3H6.C2H6/c1-3-12-42-37(4-2)38-15-8-10-17-43(38)48(42)36-27-28-45-40(29-36)39-16-9-11-18-44(39)47(45)35-25-23-34(24-26-35)41(30-46)33-21-19-32(20-22-33)31-13-6-5-7-14-31;1-3-2;1-2/h3-30,41,46H,2H2,1H3;3H,1H2,2H3;1-2H3/b12-3-,46-30?;;. The first-order valence-corrected chi connectivity index (χ1v) is 18.4. The Labute approximate surface area is 314 Å². The molecule has 0 saturated heterocycles. The number of nitrogens with one attached hydrogen (secondary N) is 1. The van der Waals surface area contributed by atoms with Crippen LogP contribution >= 0.6 is 0 Å². The van der Waals surface area contributed by atoms with Crippen molar-refractivity contribution in [2.75, 3.05) is 0 Å². The summed E-state index contributed by atoms with van der Waals surface area (Å²) in [6.45, 7) is 15.5. The maximum atomic E-state index is 8.32. The molecule has 0 fully saturated rings. The fraction of sp³-hybridized carbons (Fsp3) is 0.100. The fourth-order valence-corrected chi connectivity index (χ4v) is 7.21. The van der Waals surface area contributed by atoms with Gasteiger partial charge in [0.2, 0.25) is 0 Å². The minimum atomic E-state index is -0.118. The molecule has 0 radical (unpaired) electrons. The number of benzene rings is 6. The summed E-state index contributed by atoms with van der Waals surface area (Å²) in [5.74, 6) is -0.118. The largest absolute Gasteiger partial charge is 0.312 e. The summed E-state index contributed by atoms with van der Waals surface area (Å²) in [7, 11) is 0. The number of hydrogen-bond donors (Lipinski definition) is 1. The van der Waals surface area contributed by atoms with Gasteiger partial charge in [-0.3, -0.25) is 0 Å². The predicted molar refractivity (Wildman–Crippen MR) is 232 cm³/mol. The molecule has 8 aromatic rings. The van der Waals surface area contributed by atoms with Crippen LogP contribution in [0.3, 0.4) is 0 Å². The summed E-state index contributed by atoms with van der Waals surface area (Å²) >= 11 is 0. The zero-order chi connectivity index (χ0) is 37.3. The third kappa shape index (κ3) is 6.94. The number of nitrogens with zero attached hydrogens (tertiary/aromatic N) is 2. The molecule has 1 N–H and O–H groups in total. The third-order valence-corrected chi connectivity index (χ3v) is 9.45. The number of para-hydroxylation sites is 2. The predicted octanol–water partition coefficient (Wildman–Crippen LogP) is 14.1. The molecule has 8 rings (SSSR count). The van der Waals surface area contributed by atoms with Crippen LogP contribution in [-0.2, 0) is 0 Å². The number of aromatic nitrogens is 2. The van der Waals surface area contributed by atoms with Crippen molar-refractivity contribution in [2.45, 2.75) is 33.6 Å². The lowest BCUT2D eigenvalue weighted by Gasteiger charge is -2.15. The molecule has 1 unspecified atom stereocenters. The zero-order valence-electron chi connectivity index (χ0n) is 31.1. The maximum absolute atomic E-state index is 8.32. The molecule has 53 heavy (non-hydrogen) atoms. The Morgan fingerprint density at radius 2 is 1.06 bits per heavy atom. The lowest BCUT2D eigenvalue weighted by molar-refractivity contribution is 1.08. The van der Waals surface area contributed by atoms with E-state index in [1.165, 1.54) is 27.3 Å². The Balaban J connectivity index is 0.000000916. The molecule has 6 aromatic carbocycles. The van der Waals surface area contributed by atoms with Gasteiger partial charge in [-0.05, 0) is 84.6 Å². The molecule has 2 heterocycles. The highest BCUT2D eigenvalue weighted by Gasteiger charge is 2.18. The Bertz CT molecular complexity index is 2530. The van der Waals surface area contributed by atoms with Gasteiger partial charge in [0.1, 0.15) is 0 Å². The summed E-state index contributed by atoms with van der Waals surface area (Å²) in [6.07, 6.45) is 9.52. The first-order valence-electron chi connectivity index (χ1n) is 18.4. The van der Waals surface area contributed by atoms with E-state index < -0.39 is 0 Å². The zero-order valence-corrected chi connectivity index (χ0v) is 31.1. The molecule has 2 aromatic heterocycles. The van der Waals surface area contributed by atoms with Crippen molar-refractivity contribution < 1.29 is 0 Å². The van der Waals surface area contributed by atoms with Gasteiger partial charge in [-0.1, -0.05) is 142 Å². The highest BCUT2D eigenvalue weighted by atomic mass is 15.0. The van der Waals surface area contributed by atoms with Crippen LogP contribution in [-0.4, -0.2) is 15.3 Å². The van der Waals surface area contributed by atoms with E-state index in [0.29, 0.717) is 0 Å². The molecule has 1 atom stereocenters. The van der Waals surface area contributed by atoms with Crippen molar-refractivity contribution in [3.63, 3.8) is 0 Å². The van der Waals surface area contributed by atoms with Crippen LogP contribution in [0.15, 0.2) is 171 Å². The van der Waals surface area contributed by atoms with Crippen LogP contribution in [0, 0.1) is 5.41 Å². The van der Waals surface area contributed by atoms with Crippen LogP contribution in [0.2, 0.25) is 0 Å². The van der Waals surface area contributed by atoms with Crippen LogP contribution < -0.4 is 0 Å². The number of allylic oxidation sites excluding steroid dienone is 2. The van der Waals surface area contributed by atoms with Gasteiger partial charge >= 0.3 is 0 Å². The first-order chi connectivity index (χ1) is 26.1. The van der Waals surface area contributed by atoms with E-state index in [2.05, 4.69) is 181 Å². The van der Waals surface area contributed by atoms with Crippen molar-refractivity contribution in [3.8, 4) is 22.5 Å². The lowest BCUT2D eigenvalue weighted by atomic mass is 9.91. The van der Waals surface area contributed by atoms with E-state index in [1.54, 1.807) is 12.3 Å². The van der Waals surface area contributed by atoms with Crippen LogP contribution in [0.5, 0.6) is 0 Å². The average Bonchev–Trinajstić information content (AvgIpc) is 3.72. The van der Waals surface area contributed by atoms with Crippen LogP contribution in [0.25, 0.3) is 67.4 Å². The van der Waals surface area contributed by atoms with Crippen molar-refractivity contribution >= 4 is 51.1 Å². The molecule has 3 heteroatoms. The second-order valence-corrected chi connectivity index (χ2v) is 12.5. The van der Waals surface area contributed by atoms with Crippen LogP contribution in [0.1, 0.15) is 56.0 Å². The van der Waals surface area contributed by atoms with Gasteiger partial charge in [0, 0.05) is 45.2 Å². The SMILES string of the molecule is C=CC.C=Cc1c(/C=C\C)n(-c2ccc3c(c2)c2ccccc2n3-c2ccc(C(C=N)c3ccc(-c4ccccc4)cc3)cc2)c2ccccc12.CC. The molecule has 0 spiro atoms. The van der Waals surface area contributed by atoms with Crippen molar-refractivity contribution in [2.24, 2.45) is 0 Å². The fourth-order valence-electron chi connectivity index (χ4n) is 7.21. The van der Waals surface area contributed by atoms with Gasteiger partial charge in [-0.15, -0.1) is 6.58 Å². The summed E-state index contributed by atoms with van der Waals surface area (Å²) < 4.78 is 4.69. The molecule has 0 bridgehead atoms. The van der Waals surface area contributed by atoms with Crippen molar-refractivity contribution in [1.82, 2.24) is 9.13 Å². The van der Waals surface area contributed by atoms with Crippen LogP contribution in [0.4, 0.5) is 0 Å². The van der Waals surface area contributed by atoms with E-state index in [9.17, 15) is 0 Å². The van der Waals surface area contributed by atoms with Gasteiger partial charge in [0.05, 0.1) is 22.2 Å². The third-order valence-electron chi connectivity index (χ3n) is 9.45. The quantitative estimate of drug-likeness (QED) is 0.122.